The van der Waals surface area contributed by atoms with Gasteiger partial charge in [0, 0.05) is 47.6 Å². The number of carbonyl (C=O) groups excluding carboxylic acids is 1. The number of hydrogen-bond donors (Lipinski definition) is 0. The summed E-state index contributed by atoms with van der Waals surface area (Å²) in [6.07, 6.45) is 0.914. The maximum absolute atomic E-state index is 12.8. The summed E-state index contributed by atoms with van der Waals surface area (Å²) >= 11 is 0. The van der Waals surface area contributed by atoms with Crippen molar-refractivity contribution >= 4 is 28.8 Å². The van der Waals surface area contributed by atoms with Gasteiger partial charge in [0.1, 0.15) is 12.0 Å². The molecule has 0 aliphatic carbocycles. The third kappa shape index (κ3) is 5.50. The van der Waals surface area contributed by atoms with Crippen LogP contribution in [0.25, 0.3) is 22.6 Å². The predicted octanol–water partition coefficient (Wildman–Crippen LogP) is 5.87. The van der Waals surface area contributed by atoms with Gasteiger partial charge in [-0.2, -0.15) is 5.26 Å². The van der Waals surface area contributed by atoms with Gasteiger partial charge in [-0.25, -0.2) is 4.98 Å². The number of nitriles is 1. The minimum Gasteiger partial charge on any atom is -0.481 e. The first-order chi connectivity index (χ1) is 16.8. The maximum Gasteiger partial charge on any atom is 0.573 e. The molecule has 2 aromatic carbocycles. The van der Waals surface area contributed by atoms with Gasteiger partial charge in [-0.05, 0) is 29.3 Å². The van der Waals surface area contributed by atoms with E-state index in [2.05, 4.69) is 15.8 Å². The minimum absolute atomic E-state index is 0.312. The Balaban J connectivity index is 1.80. The third-order valence-electron chi connectivity index (χ3n) is 5.26. The summed E-state index contributed by atoms with van der Waals surface area (Å²) in [4.78, 5) is 15.1. The third-order valence-corrected chi connectivity index (χ3v) is 5.26. The van der Waals surface area contributed by atoms with Gasteiger partial charge < -0.3 is 14.0 Å². The Labute approximate surface area is 198 Å². The SMILES string of the molecule is COc1ccc(Cn2cc(/C=C(\C#N)c3ccc(C=O)cc3)c3ccc(OC(F)(F)F)cc32)cn1. The van der Waals surface area contributed by atoms with Crippen LogP contribution in [0.3, 0.4) is 0 Å². The van der Waals surface area contributed by atoms with E-state index in [0.717, 1.165) is 5.56 Å². The quantitative estimate of drug-likeness (QED) is 0.246. The fraction of sp³-hybridized carbons (Fsp3) is 0.115. The highest BCUT2D eigenvalue weighted by molar-refractivity contribution is 5.98. The van der Waals surface area contributed by atoms with E-state index < -0.39 is 6.36 Å². The highest BCUT2D eigenvalue weighted by atomic mass is 19.4. The number of nitrogens with zero attached hydrogens (tertiary/aromatic N) is 3. The fourth-order valence-electron chi connectivity index (χ4n) is 3.64. The number of pyridine rings is 1. The molecule has 4 aromatic rings. The zero-order valence-corrected chi connectivity index (χ0v) is 18.4. The van der Waals surface area contributed by atoms with Crippen molar-refractivity contribution < 1.29 is 27.4 Å². The number of fused-ring (bicyclic) bond motifs is 1. The van der Waals surface area contributed by atoms with Crippen LogP contribution in [0, 0.1) is 11.3 Å². The van der Waals surface area contributed by atoms with Gasteiger partial charge in [0.15, 0.2) is 0 Å². The Morgan fingerprint density at radius 3 is 2.51 bits per heavy atom. The Morgan fingerprint density at radius 1 is 1.14 bits per heavy atom. The molecule has 2 heterocycles. The summed E-state index contributed by atoms with van der Waals surface area (Å²) in [5.74, 6) is 0.0903. The van der Waals surface area contributed by atoms with E-state index in [4.69, 9.17) is 4.74 Å². The lowest BCUT2D eigenvalue weighted by Gasteiger charge is -2.10. The molecule has 176 valence electrons. The number of halogens is 3. The summed E-state index contributed by atoms with van der Waals surface area (Å²) in [6.45, 7) is 0.312. The van der Waals surface area contributed by atoms with Crippen LogP contribution in [0.4, 0.5) is 13.2 Å². The topological polar surface area (TPSA) is 77.1 Å². The number of hydrogen-bond acceptors (Lipinski definition) is 5. The van der Waals surface area contributed by atoms with Gasteiger partial charge >= 0.3 is 6.36 Å². The van der Waals surface area contributed by atoms with Gasteiger partial charge in [-0.15, -0.1) is 13.2 Å². The van der Waals surface area contributed by atoms with E-state index in [1.807, 2.05) is 0 Å². The Bertz CT molecular complexity index is 1430. The molecule has 0 aliphatic rings. The molecule has 0 spiro atoms. The van der Waals surface area contributed by atoms with Gasteiger partial charge in [0.05, 0.1) is 24.3 Å². The highest BCUT2D eigenvalue weighted by Gasteiger charge is 2.31. The van der Waals surface area contributed by atoms with E-state index in [1.54, 1.807) is 59.4 Å². The number of allylic oxidation sites excluding steroid dienone is 1. The van der Waals surface area contributed by atoms with E-state index in [-0.39, 0.29) is 5.75 Å². The highest BCUT2D eigenvalue weighted by Crippen LogP contribution is 2.32. The van der Waals surface area contributed by atoms with Crippen molar-refractivity contribution in [2.24, 2.45) is 0 Å². The molecule has 0 saturated heterocycles. The molecule has 0 aliphatic heterocycles. The molecule has 0 amide bonds. The van der Waals surface area contributed by atoms with Gasteiger partial charge in [-0.1, -0.05) is 30.3 Å². The first-order valence-electron chi connectivity index (χ1n) is 10.3. The molecule has 0 fully saturated rings. The van der Waals surface area contributed by atoms with Crippen molar-refractivity contribution in [1.29, 1.82) is 5.26 Å². The average molecular weight is 477 g/mol. The van der Waals surface area contributed by atoms with Crippen molar-refractivity contribution in [2.45, 2.75) is 12.9 Å². The van der Waals surface area contributed by atoms with E-state index in [1.165, 1.54) is 25.3 Å². The predicted molar refractivity (Wildman–Crippen MR) is 124 cm³/mol. The minimum atomic E-state index is -4.82. The fourth-order valence-corrected chi connectivity index (χ4v) is 3.64. The number of alkyl halides is 3. The molecule has 2 aromatic heterocycles. The van der Waals surface area contributed by atoms with Crippen LogP contribution in [0.1, 0.15) is 27.0 Å². The van der Waals surface area contributed by atoms with Gasteiger partial charge in [0.25, 0.3) is 0 Å². The first kappa shape index (κ1) is 23.6. The number of benzene rings is 2. The first-order valence-corrected chi connectivity index (χ1v) is 10.3. The number of methoxy groups -OCH3 is 1. The van der Waals surface area contributed by atoms with Gasteiger partial charge in [-0.3, -0.25) is 4.79 Å². The molecular weight excluding hydrogens is 459 g/mol. The maximum atomic E-state index is 12.8. The van der Waals surface area contributed by atoms with Crippen molar-refractivity contribution in [3.8, 4) is 17.7 Å². The molecule has 6 nitrogen and oxygen atoms in total. The number of aldehydes is 1. The smallest absolute Gasteiger partial charge is 0.481 e. The molecule has 0 saturated carbocycles. The van der Waals surface area contributed by atoms with Crippen LogP contribution in [-0.2, 0) is 6.54 Å². The molecule has 0 atom stereocenters. The van der Waals surface area contributed by atoms with E-state index in [0.29, 0.717) is 51.9 Å². The zero-order valence-electron chi connectivity index (χ0n) is 18.4. The lowest BCUT2D eigenvalue weighted by Crippen LogP contribution is -2.17. The molecule has 0 N–H and O–H groups in total. The van der Waals surface area contributed by atoms with Crippen LogP contribution < -0.4 is 9.47 Å². The molecule has 9 heteroatoms. The van der Waals surface area contributed by atoms with Crippen molar-refractivity contribution in [1.82, 2.24) is 9.55 Å². The molecule has 0 radical (unpaired) electrons. The summed E-state index contributed by atoms with van der Waals surface area (Å²) in [5, 5.41) is 10.4. The number of aromatic nitrogens is 2. The second kappa shape index (κ2) is 9.73. The molecule has 0 bridgehead atoms. The van der Waals surface area contributed by atoms with Gasteiger partial charge in [0.2, 0.25) is 5.88 Å². The lowest BCUT2D eigenvalue weighted by atomic mass is 10.0. The molecule has 0 unspecified atom stereocenters. The number of ether oxygens (including phenoxy) is 2. The van der Waals surface area contributed by atoms with Crippen LogP contribution in [0.5, 0.6) is 11.6 Å². The summed E-state index contributed by atoms with van der Waals surface area (Å²) in [7, 11) is 1.50. The van der Waals surface area contributed by atoms with Crippen LogP contribution in [-0.4, -0.2) is 29.3 Å². The summed E-state index contributed by atoms with van der Waals surface area (Å²) < 4.78 is 49.4. The molecule has 35 heavy (non-hydrogen) atoms. The van der Waals surface area contributed by atoms with Crippen LogP contribution >= 0.6 is 0 Å². The monoisotopic (exact) mass is 477 g/mol. The summed E-state index contributed by atoms with van der Waals surface area (Å²) in [6, 6.07) is 16.2. The largest absolute Gasteiger partial charge is 0.573 e. The van der Waals surface area contributed by atoms with Crippen LogP contribution in [0.2, 0.25) is 0 Å². The average Bonchev–Trinajstić information content (AvgIpc) is 3.18. The molecular formula is C26H18F3N3O3. The van der Waals surface area contributed by atoms with E-state index >= 15 is 0 Å². The van der Waals surface area contributed by atoms with Crippen molar-refractivity contribution in [3.05, 3.63) is 89.2 Å². The van der Waals surface area contributed by atoms with Crippen molar-refractivity contribution in [2.75, 3.05) is 7.11 Å². The summed E-state index contributed by atoms with van der Waals surface area (Å²) in [5.41, 5.74) is 3.34. The normalized spacial score (nSPS) is 11.8. The van der Waals surface area contributed by atoms with E-state index in [9.17, 15) is 23.2 Å². The van der Waals surface area contributed by atoms with Crippen LogP contribution in [0.15, 0.2) is 67.0 Å². The Kier molecular flexibility index (Phi) is 6.55. The second-order valence-electron chi connectivity index (χ2n) is 7.56. The second-order valence-corrected chi connectivity index (χ2v) is 7.56. The standard InChI is InChI=1S/C26H18F3N3O3/c1-34-25-9-4-18(13-31-25)14-32-15-21(10-20(12-30)19-5-2-17(16-33)3-6-19)23-8-7-22(11-24(23)32)35-26(27,28)29/h2-11,13,15-16H,14H2,1H3/b20-10+. The lowest BCUT2D eigenvalue weighted by molar-refractivity contribution is -0.274. The Hall–Kier alpha value is -4.58. The zero-order chi connectivity index (χ0) is 25.0. The van der Waals surface area contributed by atoms with Crippen molar-refractivity contribution in [3.63, 3.8) is 0 Å². The molecule has 4 rings (SSSR count). The number of rotatable bonds is 7. The Morgan fingerprint density at radius 2 is 1.91 bits per heavy atom. The number of carbonyl (C=O) groups is 1.